The van der Waals surface area contributed by atoms with E-state index < -0.39 is 11.6 Å². The molecule has 20 heavy (non-hydrogen) atoms. The standard InChI is InChI=1S/C14H23NO5/c1-14(2,3)20-13(18)15-5-4-9-8-19-11(6-12(16)17)10(9)7-15/h9-11H,4-8H2,1-3H3,(H,16,17)/t9-,10-,11+/m0/s1. The molecule has 0 aromatic heterocycles. The van der Waals surface area contributed by atoms with Gasteiger partial charge in [0.05, 0.1) is 19.1 Å². The van der Waals surface area contributed by atoms with E-state index in [4.69, 9.17) is 14.6 Å². The molecule has 2 fully saturated rings. The van der Waals surface area contributed by atoms with E-state index in [9.17, 15) is 9.59 Å². The Morgan fingerprint density at radius 1 is 1.40 bits per heavy atom. The van der Waals surface area contributed by atoms with E-state index in [1.165, 1.54) is 0 Å². The Hall–Kier alpha value is -1.30. The molecule has 6 heteroatoms. The van der Waals surface area contributed by atoms with E-state index in [1.807, 2.05) is 20.8 Å². The Morgan fingerprint density at radius 2 is 2.10 bits per heavy atom. The molecule has 6 nitrogen and oxygen atoms in total. The molecular formula is C14H23NO5. The second-order valence-corrected chi connectivity index (χ2v) is 6.61. The lowest BCUT2D eigenvalue weighted by Gasteiger charge is -2.36. The molecule has 0 aliphatic carbocycles. The summed E-state index contributed by atoms with van der Waals surface area (Å²) in [5.41, 5.74) is -0.513. The van der Waals surface area contributed by atoms with E-state index in [-0.39, 0.29) is 24.5 Å². The summed E-state index contributed by atoms with van der Waals surface area (Å²) in [6.45, 7) is 7.29. The first-order valence-electron chi connectivity index (χ1n) is 7.07. The van der Waals surface area contributed by atoms with Crippen LogP contribution in [0.25, 0.3) is 0 Å². The molecule has 2 rings (SSSR count). The van der Waals surface area contributed by atoms with E-state index in [0.717, 1.165) is 6.42 Å². The third-order valence-corrected chi connectivity index (χ3v) is 3.84. The SMILES string of the molecule is CC(C)(C)OC(=O)N1CC[C@H]2CO[C@H](CC(=O)O)[C@H]2C1. The number of rotatable bonds is 2. The summed E-state index contributed by atoms with van der Waals surface area (Å²) in [4.78, 5) is 24.6. The number of piperidine rings is 1. The lowest BCUT2D eigenvalue weighted by Crippen LogP contribution is -2.47. The number of carboxylic acid groups (broad SMARTS) is 1. The van der Waals surface area contributed by atoms with Gasteiger partial charge in [0, 0.05) is 19.0 Å². The predicted octanol–water partition coefficient (Wildman–Crippen LogP) is 1.73. The number of fused-ring (bicyclic) bond motifs is 1. The van der Waals surface area contributed by atoms with Gasteiger partial charge < -0.3 is 19.5 Å². The Labute approximate surface area is 119 Å². The van der Waals surface area contributed by atoms with Crippen molar-refractivity contribution in [2.75, 3.05) is 19.7 Å². The van der Waals surface area contributed by atoms with Gasteiger partial charge in [0.2, 0.25) is 0 Å². The van der Waals surface area contributed by atoms with Crippen LogP contribution >= 0.6 is 0 Å². The van der Waals surface area contributed by atoms with Gasteiger partial charge in [0.25, 0.3) is 0 Å². The van der Waals surface area contributed by atoms with Crippen molar-refractivity contribution in [1.29, 1.82) is 0 Å². The van der Waals surface area contributed by atoms with Crippen LogP contribution in [0.4, 0.5) is 4.79 Å². The van der Waals surface area contributed by atoms with Crippen molar-refractivity contribution in [3.05, 3.63) is 0 Å². The van der Waals surface area contributed by atoms with Gasteiger partial charge in [-0.25, -0.2) is 4.79 Å². The van der Waals surface area contributed by atoms with Crippen molar-refractivity contribution in [1.82, 2.24) is 4.90 Å². The Morgan fingerprint density at radius 3 is 2.70 bits per heavy atom. The van der Waals surface area contributed by atoms with E-state index in [1.54, 1.807) is 4.90 Å². The van der Waals surface area contributed by atoms with Crippen LogP contribution < -0.4 is 0 Å². The third-order valence-electron chi connectivity index (χ3n) is 3.84. The highest BCUT2D eigenvalue weighted by Crippen LogP contribution is 2.35. The molecule has 2 aliphatic rings. The van der Waals surface area contributed by atoms with Gasteiger partial charge in [-0.3, -0.25) is 4.79 Å². The maximum atomic E-state index is 12.1. The van der Waals surface area contributed by atoms with Crippen molar-refractivity contribution < 1.29 is 24.2 Å². The highest BCUT2D eigenvalue weighted by molar-refractivity contribution is 5.69. The number of hydrogen-bond acceptors (Lipinski definition) is 4. The fourth-order valence-electron chi connectivity index (χ4n) is 2.90. The van der Waals surface area contributed by atoms with Crippen LogP contribution in [0, 0.1) is 11.8 Å². The van der Waals surface area contributed by atoms with Gasteiger partial charge in [-0.05, 0) is 33.1 Å². The molecule has 1 amide bonds. The van der Waals surface area contributed by atoms with Crippen molar-refractivity contribution >= 4 is 12.1 Å². The van der Waals surface area contributed by atoms with Gasteiger partial charge >= 0.3 is 12.1 Å². The molecule has 0 spiro atoms. The van der Waals surface area contributed by atoms with Crippen LogP contribution in [-0.4, -0.2) is 53.5 Å². The van der Waals surface area contributed by atoms with Gasteiger partial charge in [0.15, 0.2) is 0 Å². The minimum atomic E-state index is -0.856. The maximum Gasteiger partial charge on any atom is 0.410 e. The summed E-state index contributed by atoms with van der Waals surface area (Å²) >= 11 is 0. The minimum Gasteiger partial charge on any atom is -0.481 e. The Bertz CT molecular complexity index is 390. The number of ether oxygens (including phenoxy) is 2. The molecule has 0 unspecified atom stereocenters. The van der Waals surface area contributed by atoms with Gasteiger partial charge in [0.1, 0.15) is 5.60 Å². The number of hydrogen-bond donors (Lipinski definition) is 1. The fraction of sp³-hybridized carbons (Fsp3) is 0.857. The summed E-state index contributed by atoms with van der Waals surface area (Å²) in [6, 6.07) is 0. The number of nitrogens with zero attached hydrogens (tertiary/aromatic N) is 1. The molecule has 2 heterocycles. The lowest BCUT2D eigenvalue weighted by molar-refractivity contribution is -0.140. The van der Waals surface area contributed by atoms with Crippen LogP contribution in [0.2, 0.25) is 0 Å². The third kappa shape index (κ3) is 3.62. The van der Waals surface area contributed by atoms with Crippen LogP contribution in [0.3, 0.4) is 0 Å². The van der Waals surface area contributed by atoms with E-state index >= 15 is 0 Å². The number of amides is 1. The minimum absolute atomic E-state index is 0.00330. The molecular weight excluding hydrogens is 262 g/mol. The summed E-state index contributed by atoms with van der Waals surface area (Å²) in [5.74, 6) is -0.393. The normalized spacial score (nSPS) is 29.9. The summed E-state index contributed by atoms with van der Waals surface area (Å²) in [7, 11) is 0. The van der Waals surface area contributed by atoms with Crippen molar-refractivity contribution in [3.63, 3.8) is 0 Å². The van der Waals surface area contributed by atoms with Gasteiger partial charge in [-0.15, -0.1) is 0 Å². The van der Waals surface area contributed by atoms with Crippen LogP contribution in [0.1, 0.15) is 33.6 Å². The molecule has 3 atom stereocenters. The first-order valence-corrected chi connectivity index (χ1v) is 7.07. The second-order valence-electron chi connectivity index (χ2n) is 6.61. The van der Waals surface area contributed by atoms with Gasteiger partial charge in [-0.1, -0.05) is 0 Å². The van der Waals surface area contributed by atoms with Crippen molar-refractivity contribution in [2.45, 2.75) is 45.3 Å². The molecule has 0 bridgehead atoms. The van der Waals surface area contributed by atoms with Crippen molar-refractivity contribution in [3.8, 4) is 0 Å². The smallest absolute Gasteiger partial charge is 0.410 e. The lowest BCUT2D eigenvalue weighted by atomic mass is 9.84. The number of likely N-dealkylation sites (tertiary alicyclic amines) is 1. The molecule has 2 saturated heterocycles. The Kier molecular flexibility index (Phi) is 4.22. The summed E-state index contributed by atoms with van der Waals surface area (Å²) in [5, 5.41) is 8.91. The number of carbonyl (C=O) groups excluding carboxylic acids is 1. The monoisotopic (exact) mass is 285 g/mol. The van der Waals surface area contributed by atoms with Crippen LogP contribution in [-0.2, 0) is 14.3 Å². The average molecular weight is 285 g/mol. The van der Waals surface area contributed by atoms with Crippen molar-refractivity contribution in [2.24, 2.45) is 11.8 Å². The highest BCUT2D eigenvalue weighted by atomic mass is 16.6. The first kappa shape index (κ1) is 15.1. The topological polar surface area (TPSA) is 76.1 Å². The maximum absolute atomic E-state index is 12.1. The van der Waals surface area contributed by atoms with Crippen LogP contribution in [0.15, 0.2) is 0 Å². The predicted molar refractivity (Wildman–Crippen MR) is 71.4 cm³/mol. The zero-order valence-corrected chi connectivity index (χ0v) is 12.3. The highest BCUT2D eigenvalue weighted by Gasteiger charge is 2.43. The summed E-state index contributed by atoms with van der Waals surface area (Å²) < 4.78 is 11.0. The van der Waals surface area contributed by atoms with E-state index in [2.05, 4.69) is 0 Å². The number of carboxylic acids is 1. The zero-order valence-electron chi connectivity index (χ0n) is 12.3. The fourth-order valence-corrected chi connectivity index (χ4v) is 2.90. The molecule has 0 aromatic carbocycles. The molecule has 114 valence electrons. The number of carbonyl (C=O) groups is 2. The second kappa shape index (κ2) is 5.60. The molecule has 1 N–H and O–H groups in total. The molecule has 0 aromatic rings. The Balaban J connectivity index is 1.96. The number of aliphatic carboxylic acids is 1. The molecule has 0 saturated carbocycles. The quantitative estimate of drug-likeness (QED) is 0.836. The van der Waals surface area contributed by atoms with E-state index in [0.29, 0.717) is 25.6 Å². The molecule has 2 aliphatic heterocycles. The zero-order chi connectivity index (χ0) is 14.9. The van der Waals surface area contributed by atoms with Crippen LogP contribution in [0.5, 0.6) is 0 Å². The van der Waals surface area contributed by atoms with Gasteiger partial charge in [-0.2, -0.15) is 0 Å². The average Bonchev–Trinajstić information content (AvgIpc) is 2.69. The first-order chi connectivity index (χ1) is 9.26. The largest absolute Gasteiger partial charge is 0.481 e. The summed E-state index contributed by atoms with van der Waals surface area (Å²) in [6.07, 6.45) is 0.239. The molecule has 0 radical (unpaired) electrons.